The molecule has 0 saturated heterocycles. The Hall–Kier alpha value is -2.09. The molecule has 0 amide bonds. The first-order valence-corrected chi connectivity index (χ1v) is 5.90. The van der Waals surface area contributed by atoms with Crippen molar-refractivity contribution < 1.29 is 0 Å². The molecule has 0 spiro atoms. The Morgan fingerprint density at radius 3 is 2.65 bits per heavy atom. The summed E-state index contributed by atoms with van der Waals surface area (Å²) in [4.78, 5) is 4.43. The Balaban J connectivity index is 2.23. The van der Waals surface area contributed by atoms with Crippen molar-refractivity contribution in [1.29, 1.82) is 0 Å². The van der Waals surface area contributed by atoms with Gasteiger partial charge in [0.05, 0.1) is 11.0 Å². The lowest BCUT2D eigenvalue weighted by Gasteiger charge is -2.04. The molecule has 0 aliphatic rings. The first-order chi connectivity index (χ1) is 8.38. The Kier molecular flexibility index (Phi) is 2.41. The third kappa shape index (κ3) is 1.72. The molecule has 2 heteroatoms. The number of aryl methyl sites for hydroxylation is 1. The van der Waals surface area contributed by atoms with Gasteiger partial charge in [-0.15, -0.1) is 0 Å². The number of para-hydroxylation sites is 1. The van der Waals surface area contributed by atoms with Crippen LogP contribution in [0.2, 0.25) is 0 Å². The van der Waals surface area contributed by atoms with Crippen LogP contribution in [0.3, 0.4) is 0 Å². The summed E-state index contributed by atoms with van der Waals surface area (Å²) in [5.41, 5.74) is 4.72. The van der Waals surface area contributed by atoms with Crippen molar-refractivity contribution in [2.24, 2.45) is 0 Å². The fraction of sp³-hybridized carbons (Fsp3) is 0.133. The minimum Gasteiger partial charge on any atom is -0.299 e. The van der Waals surface area contributed by atoms with Crippen LogP contribution < -0.4 is 0 Å². The van der Waals surface area contributed by atoms with Gasteiger partial charge >= 0.3 is 0 Å². The van der Waals surface area contributed by atoms with Crippen LogP contribution in [-0.4, -0.2) is 9.55 Å². The van der Waals surface area contributed by atoms with E-state index in [0.717, 1.165) is 17.6 Å². The van der Waals surface area contributed by atoms with Gasteiger partial charge in [-0.1, -0.05) is 31.2 Å². The van der Waals surface area contributed by atoms with Crippen LogP contribution in [0.25, 0.3) is 16.7 Å². The van der Waals surface area contributed by atoms with Crippen LogP contribution in [0.15, 0.2) is 54.9 Å². The molecule has 0 saturated carbocycles. The second kappa shape index (κ2) is 4.06. The van der Waals surface area contributed by atoms with E-state index in [-0.39, 0.29) is 0 Å². The third-order valence-electron chi connectivity index (χ3n) is 3.05. The van der Waals surface area contributed by atoms with Crippen LogP contribution in [0.1, 0.15) is 12.5 Å². The van der Waals surface area contributed by atoms with E-state index in [4.69, 9.17) is 0 Å². The molecule has 1 heterocycles. The number of aromatic nitrogens is 2. The van der Waals surface area contributed by atoms with E-state index in [9.17, 15) is 0 Å². The number of nitrogens with zero attached hydrogens (tertiary/aromatic N) is 2. The van der Waals surface area contributed by atoms with E-state index in [2.05, 4.69) is 46.8 Å². The maximum absolute atomic E-state index is 4.43. The molecule has 0 aliphatic carbocycles. The summed E-state index contributed by atoms with van der Waals surface area (Å²) >= 11 is 0. The molecule has 3 aromatic rings. The Morgan fingerprint density at radius 1 is 1.06 bits per heavy atom. The topological polar surface area (TPSA) is 17.8 Å². The molecular formula is C15H14N2. The van der Waals surface area contributed by atoms with E-state index < -0.39 is 0 Å². The van der Waals surface area contributed by atoms with Crippen molar-refractivity contribution in [1.82, 2.24) is 9.55 Å². The smallest absolute Gasteiger partial charge is 0.100 e. The molecule has 2 aromatic carbocycles. The first-order valence-electron chi connectivity index (χ1n) is 5.90. The van der Waals surface area contributed by atoms with Crippen LogP contribution >= 0.6 is 0 Å². The highest BCUT2D eigenvalue weighted by molar-refractivity contribution is 5.78. The van der Waals surface area contributed by atoms with E-state index >= 15 is 0 Å². The summed E-state index contributed by atoms with van der Waals surface area (Å²) in [5.74, 6) is 0. The molecule has 1 aromatic heterocycles. The first kappa shape index (κ1) is 10.1. The average Bonchev–Trinajstić information content (AvgIpc) is 2.82. The Morgan fingerprint density at radius 2 is 1.88 bits per heavy atom. The average molecular weight is 222 g/mol. The van der Waals surface area contributed by atoms with Gasteiger partial charge in [0.25, 0.3) is 0 Å². The maximum Gasteiger partial charge on any atom is 0.100 e. The van der Waals surface area contributed by atoms with Gasteiger partial charge in [-0.3, -0.25) is 4.57 Å². The molecule has 84 valence electrons. The van der Waals surface area contributed by atoms with E-state index in [1.54, 1.807) is 0 Å². The van der Waals surface area contributed by atoms with E-state index in [1.165, 1.54) is 11.1 Å². The number of fused-ring (bicyclic) bond motifs is 1. The van der Waals surface area contributed by atoms with Gasteiger partial charge in [0.1, 0.15) is 6.33 Å². The molecule has 0 radical (unpaired) electrons. The molecule has 0 fully saturated rings. The minimum atomic E-state index is 1.05. The number of benzene rings is 2. The van der Waals surface area contributed by atoms with Crippen molar-refractivity contribution in [3.8, 4) is 5.69 Å². The van der Waals surface area contributed by atoms with Gasteiger partial charge in [-0.05, 0) is 36.2 Å². The third-order valence-corrected chi connectivity index (χ3v) is 3.05. The van der Waals surface area contributed by atoms with Gasteiger partial charge in [-0.25, -0.2) is 4.98 Å². The Bertz CT molecular complexity index is 638. The monoisotopic (exact) mass is 222 g/mol. The summed E-state index contributed by atoms with van der Waals surface area (Å²) in [6.07, 6.45) is 2.94. The lowest BCUT2D eigenvalue weighted by atomic mass is 10.1. The van der Waals surface area contributed by atoms with Crippen molar-refractivity contribution >= 4 is 11.0 Å². The zero-order chi connectivity index (χ0) is 11.7. The Labute approximate surface area is 101 Å². The van der Waals surface area contributed by atoms with Crippen LogP contribution in [0.4, 0.5) is 0 Å². The van der Waals surface area contributed by atoms with Gasteiger partial charge in [0, 0.05) is 5.69 Å². The second-order valence-corrected chi connectivity index (χ2v) is 4.13. The summed E-state index contributed by atoms with van der Waals surface area (Å²) in [6.45, 7) is 2.17. The van der Waals surface area contributed by atoms with Gasteiger partial charge in [-0.2, -0.15) is 0 Å². The summed E-state index contributed by atoms with van der Waals surface area (Å²) < 4.78 is 2.13. The highest BCUT2D eigenvalue weighted by Gasteiger charge is 2.04. The number of hydrogen-bond donors (Lipinski definition) is 0. The number of hydrogen-bond acceptors (Lipinski definition) is 1. The molecule has 0 N–H and O–H groups in total. The van der Waals surface area contributed by atoms with Crippen molar-refractivity contribution in [2.45, 2.75) is 13.3 Å². The van der Waals surface area contributed by atoms with E-state index in [0.29, 0.717) is 0 Å². The van der Waals surface area contributed by atoms with Crippen LogP contribution in [-0.2, 0) is 6.42 Å². The second-order valence-electron chi connectivity index (χ2n) is 4.13. The van der Waals surface area contributed by atoms with Crippen molar-refractivity contribution in [3.63, 3.8) is 0 Å². The fourth-order valence-corrected chi connectivity index (χ4v) is 2.07. The highest BCUT2D eigenvalue weighted by atomic mass is 15.0. The standard InChI is InChI=1S/C15H14N2/c1-2-12-8-9-14-15(10-12)17(11-16-14)13-6-4-3-5-7-13/h3-11H,2H2,1H3. The zero-order valence-corrected chi connectivity index (χ0v) is 9.80. The van der Waals surface area contributed by atoms with Gasteiger partial charge in [0.15, 0.2) is 0 Å². The summed E-state index contributed by atoms with van der Waals surface area (Å²) in [7, 11) is 0. The SMILES string of the molecule is CCc1ccc2ncn(-c3ccccc3)c2c1. The van der Waals surface area contributed by atoms with Gasteiger partial charge in [0.2, 0.25) is 0 Å². The molecule has 0 unspecified atom stereocenters. The van der Waals surface area contributed by atoms with Crippen molar-refractivity contribution in [3.05, 3.63) is 60.4 Å². The minimum absolute atomic E-state index is 1.05. The molecular weight excluding hydrogens is 208 g/mol. The van der Waals surface area contributed by atoms with Crippen LogP contribution in [0, 0.1) is 0 Å². The van der Waals surface area contributed by atoms with Crippen LogP contribution in [0.5, 0.6) is 0 Å². The number of rotatable bonds is 2. The fourth-order valence-electron chi connectivity index (χ4n) is 2.07. The molecule has 2 nitrogen and oxygen atoms in total. The lowest BCUT2D eigenvalue weighted by molar-refractivity contribution is 1.08. The largest absolute Gasteiger partial charge is 0.299 e. The van der Waals surface area contributed by atoms with Crippen molar-refractivity contribution in [2.75, 3.05) is 0 Å². The van der Waals surface area contributed by atoms with E-state index in [1.807, 2.05) is 24.5 Å². The predicted molar refractivity (Wildman–Crippen MR) is 70.4 cm³/mol. The van der Waals surface area contributed by atoms with Gasteiger partial charge < -0.3 is 0 Å². The predicted octanol–water partition coefficient (Wildman–Crippen LogP) is 3.59. The molecule has 3 rings (SSSR count). The highest BCUT2D eigenvalue weighted by Crippen LogP contribution is 2.19. The molecule has 0 atom stereocenters. The normalized spacial score (nSPS) is 10.9. The summed E-state index contributed by atoms with van der Waals surface area (Å²) in [5, 5.41) is 0. The quantitative estimate of drug-likeness (QED) is 0.648. The molecule has 0 bridgehead atoms. The summed E-state index contributed by atoms with van der Waals surface area (Å²) in [6, 6.07) is 16.8. The maximum atomic E-state index is 4.43. The molecule has 17 heavy (non-hydrogen) atoms. The molecule has 0 aliphatic heterocycles. The number of imidazole rings is 1. The lowest BCUT2D eigenvalue weighted by Crippen LogP contribution is -1.91. The zero-order valence-electron chi connectivity index (χ0n) is 9.80.